The van der Waals surface area contributed by atoms with E-state index in [9.17, 15) is 0 Å². The molecule has 0 unspecified atom stereocenters. The Labute approximate surface area is 256 Å². The van der Waals surface area contributed by atoms with Crippen molar-refractivity contribution in [2.75, 3.05) is 0 Å². The molecule has 0 fully saturated rings. The van der Waals surface area contributed by atoms with Crippen LogP contribution in [-0.4, -0.2) is 8.07 Å². The third kappa shape index (κ3) is 6.57. The van der Waals surface area contributed by atoms with Crippen LogP contribution in [0.4, 0.5) is 0 Å². The molecule has 0 radical (unpaired) electrons. The maximum atomic E-state index is 2.52. The second kappa shape index (κ2) is 13.3. The molecule has 1 aliphatic carbocycles. The second-order valence-electron chi connectivity index (χ2n) is 10.8. The molecule has 0 heterocycles. The van der Waals surface area contributed by atoms with E-state index in [1.807, 2.05) is 0 Å². The van der Waals surface area contributed by atoms with E-state index in [1.165, 1.54) is 58.4 Å². The van der Waals surface area contributed by atoms with Crippen LogP contribution < -0.4 is 52.8 Å². The first-order chi connectivity index (χ1) is 16.0. The van der Waals surface area contributed by atoms with Crippen LogP contribution in [0.25, 0.3) is 0 Å². The van der Waals surface area contributed by atoms with Crippen molar-refractivity contribution in [1.82, 2.24) is 0 Å². The summed E-state index contributed by atoms with van der Waals surface area (Å²) in [6.45, 7) is 18.2. The van der Waals surface area contributed by atoms with Crippen molar-refractivity contribution >= 4 is 23.6 Å². The number of hydrogen-bond donors (Lipinski definition) is 0. The van der Waals surface area contributed by atoms with Crippen LogP contribution in [0.5, 0.6) is 0 Å². The summed E-state index contributed by atoms with van der Waals surface area (Å²) in [5.41, 5.74) is 9.67. The molecule has 0 nitrogen and oxygen atoms in total. The minimum Gasteiger partial charge on any atom is -1.00 e. The predicted octanol–water partition coefficient (Wildman–Crippen LogP) is -2.65. The summed E-state index contributed by atoms with van der Waals surface area (Å²) in [6.07, 6.45) is 3.57. The molecule has 4 rings (SSSR count). The Bertz CT molecular complexity index is 1150. The monoisotopic (exact) mass is 602 g/mol. The molecule has 0 aliphatic heterocycles. The Balaban J connectivity index is 0.00000228. The third-order valence-electron chi connectivity index (χ3n) is 7.16. The third-order valence-corrected chi connectivity index (χ3v) is 13.3. The van der Waals surface area contributed by atoms with Gasteiger partial charge in [-0.3, -0.25) is 0 Å². The normalized spacial score (nSPS) is 13.1. The molecule has 5 heteroatoms. The topological polar surface area (TPSA) is 0 Å². The van der Waals surface area contributed by atoms with Gasteiger partial charge >= 0.3 is 220 Å². The number of aryl methyl sites for hydroxylation is 6. The molecular formula is C32H37Cl3SiTi. The first-order valence-electron chi connectivity index (χ1n) is 12.4. The molecule has 3 aromatic carbocycles. The molecule has 0 aromatic heterocycles. The van der Waals surface area contributed by atoms with Crippen molar-refractivity contribution < 1.29 is 57.7 Å². The Morgan fingerprint density at radius 3 is 1.11 bits per heavy atom. The molecule has 0 N–H and O–H groups in total. The zero-order valence-electron chi connectivity index (χ0n) is 23.2. The van der Waals surface area contributed by atoms with Gasteiger partial charge in [-0.25, -0.2) is 0 Å². The van der Waals surface area contributed by atoms with Gasteiger partial charge in [-0.2, -0.15) is 0 Å². The molecule has 194 valence electrons. The fourth-order valence-corrected chi connectivity index (χ4v) is 13.3. The van der Waals surface area contributed by atoms with Crippen LogP contribution >= 0.6 is 0 Å². The summed E-state index contributed by atoms with van der Waals surface area (Å²) >= 11 is 2.39. The van der Waals surface area contributed by atoms with E-state index in [4.69, 9.17) is 0 Å². The van der Waals surface area contributed by atoms with Gasteiger partial charge in [0.2, 0.25) is 0 Å². The van der Waals surface area contributed by atoms with E-state index < -0.39 is 8.07 Å². The average Bonchev–Trinajstić information content (AvgIpc) is 3.08. The van der Waals surface area contributed by atoms with Gasteiger partial charge in [0.1, 0.15) is 0 Å². The van der Waals surface area contributed by atoms with E-state index in [0.29, 0.717) is 5.92 Å². The van der Waals surface area contributed by atoms with Gasteiger partial charge in [0, 0.05) is 0 Å². The van der Waals surface area contributed by atoms with Crippen LogP contribution in [0.2, 0.25) is 0 Å². The maximum Gasteiger partial charge on any atom is -1.00 e. The van der Waals surface area contributed by atoms with Crippen molar-refractivity contribution in [3.8, 4) is 0 Å². The van der Waals surface area contributed by atoms with Crippen molar-refractivity contribution in [3.05, 3.63) is 109 Å². The number of rotatable bonds is 5. The first-order valence-corrected chi connectivity index (χ1v) is 15.2. The minimum absolute atomic E-state index is 0. The van der Waals surface area contributed by atoms with E-state index in [2.05, 4.69) is 136 Å². The van der Waals surface area contributed by atoms with Crippen LogP contribution in [0.3, 0.4) is 0 Å². The van der Waals surface area contributed by atoms with Gasteiger partial charge in [0.15, 0.2) is 0 Å². The summed E-state index contributed by atoms with van der Waals surface area (Å²) in [5.74, 6) is 0.543. The van der Waals surface area contributed by atoms with Crippen LogP contribution in [0, 0.1) is 47.5 Å². The summed E-state index contributed by atoms with van der Waals surface area (Å²) in [5, 5.41) is 6.23. The van der Waals surface area contributed by atoms with Crippen LogP contribution in [0.15, 0.2) is 75.3 Å². The minimum atomic E-state index is -2.50. The summed E-state index contributed by atoms with van der Waals surface area (Å²) < 4.78 is 1.53. The second-order valence-corrected chi connectivity index (χ2v) is 15.4. The van der Waals surface area contributed by atoms with E-state index in [0.717, 1.165) is 6.42 Å². The zero-order chi connectivity index (χ0) is 24.8. The number of allylic oxidation sites excluding steroid dienone is 4. The quantitative estimate of drug-likeness (QED) is 0.221. The van der Waals surface area contributed by atoms with Gasteiger partial charge in [-0.05, 0) is 0 Å². The molecular weight excluding hydrogens is 567 g/mol. The molecule has 0 bridgehead atoms. The fraction of sp³-hybridized carbons (Fsp3) is 0.312. The van der Waals surface area contributed by atoms with Gasteiger partial charge < -0.3 is 37.2 Å². The Morgan fingerprint density at radius 1 is 0.568 bits per heavy atom. The molecule has 0 amide bonds. The zero-order valence-corrected chi connectivity index (χ0v) is 28.0. The van der Waals surface area contributed by atoms with E-state index >= 15 is 0 Å². The van der Waals surface area contributed by atoms with Crippen molar-refractivity contribution in [2.45, 2.75) is 61.8 Å². The molecule has 1 aliphatic rings. The molecule has 3 aromatic rings. The Hall–Kier alpha value is -1.06. The molecule has 0 saturated heterocycles. The van der Waals surface area contributed by atoms with Gasteiger partial charge in [0.05, 0.1) is 0 Å². The standard InChI is InChI=1S/C32H37Si.3ClH.Ti/c1-21(2)28-9-10-29(20-28)33(30-14-22(3)11-23(4)15-30,31-16-24(5)12-25(6)17-31)32-18-26(7)13-27(8)19-32;;;;/h9,11-19,21H,10H2,1-8H3;3*1H;/q;;;;+3/p-3. The Kier molecular flexibility index (Phi) is 12.2. The molecule has 0 atom stereocenters. The fourth-order valence-electron chi connectivity index (χ4n) is 6.05. The number of halogens is 3. The maximum absolute atomic E-state index is 2.52. The number of benzene rings is 3. The largest absolute Gasteiger partial charge is 1.00 e. The molecule has 0 spiro atoms. The molecule has 37 heavy (non-hydrogen) atoms. The van der Waals surface area contributed by atoms with E-state index in [-0.39, 0.29) is 37.2 Å². The van der Waals surface area contributed by atoms with Crippen molar-refractivity contribution in [2.24, 2.45) is 5.92 Å². The number of hydrogen-bond acceptors (Lipinski definition) is 0. The summed E-state index contributed by atoms with van der Waals surface area (Å²) in [7, 11) is -2.50. The molecule has 0 saturated carbocycles. The first kappa shape index (κ1) is 34.0. The van der Waals surface area contributed by atoms with Crippen molar-refractivity contribution in [1.29, 1.82) is 0 Å². The van der Waals surface area contributed by atoms with Gasteiger partial charge in [-0.1, -0.05) is 0 Å². The van der Waals surface area contributed by atoms with Gasteiger partial charge in [0.25, 0.3) is 0 Å². The average molecular weight is 604 g/mol. The van der Waals surface area contributed by atoms with Crippen molar-refractivity contribution in [3.63, 3.8) is 0 Å². The summed E-state index contributed by atoms with van der Waals surface area (Å²) in [4.78, 5) is 0. The van der Waals surface area contributed by atoms with Crippen LogP contribution in [0.1, 0.15) is 53.6 Å². The summed E-state index contributed by atoms with van der Waals surface area (Å²) in [6, 6.07) is 21.9. The SMILES string of the molecule is Cc1cc(C)cc([Si](C2=[C]([Ti+3])C(C(C)C)=CC2)(c2cc(C)cc(C)c2)c2cc(C)cc(C)c2)c1.[Cl-].[Cl-].[Cl-]. The van der Waals surface area contributed by atoms with Crippen LogP contribution in [-0.2, 0) is 20.4 Å². The van der Waals surface area contributed by atoms with Gasteiger partial charge in [-0.15, -0.1) is 0 Å². The predicted molar refractivity (Wildman–Crippen MR) is 147 cm³/mol. The smallest absolute Gasteiger partial charge is 1.00 e. The van der Waals surface area contributed by atoms with E-state index in [1.54, 1.807) is 5.20 Å². The Morgan fingerprint density at radius 2 is 0.865 bits per heavy atom.